The zero-order valence-electron chi connectivity index (χ0n) is 19.6. The van der Waals surface area contributed by atoms with Gasteiger partial charge in [-0.05, 0) is 18.3 Å². The predicted molar refractivity (Wildman–Crippen MR) is 115 cm³/mol. The Morgan fingerprint density at radius 1 is 1.21 bits per heavy atom. The molecule has 3 atom stereocenters. The van der Waals surface area contributed by atoms with Gasteiger partial charge in [-0.2, -0.15) is 23.1 Å². The second-order valence-electron chi connectivity index (χ2n) is 8.64. The normalized spacial score (nSPS) is 24.2. The van der Waals surface area contributed by atoms with Gasteiger partial charge in [0.2, 0.25) is 17.4 Å². The van der Waals surface area contributed by atoms with Gasteiger partial charge in [-0.3, -0.25) is 0 Å². The summed E-state index contributed by atoms with van der Waals surface area (Å²) in [6, 6.07) is 1.44. The van der Waals surface area contributed by atoms with Gasteiger partial charge in [-0.25, -0.2) is 0 Å². The summed E-state index contributed by atoms with van der Waals surface area (Å²) in [7, 11) is 3.55. The number of nitrogens with zero attached hydrogens (tertiary/aromatic N) is 2. The summed E-state index contributed by atoms with van der Waals surface area (Å²) in [5.74, 6) is -1.99. The summed E-state index contributed by atoms with van der Waals surface area (Å²) >= 11 is 0.959. The van der Waals surface area contributed by atoms with Crippen LogP contribution in [0.3, 0.4) is 0 Å². The summed E-state index contributed by atoms with van der Waals surface area (Å²) in [4.78, 5) is 20.8. The lowest BCUT2D eigenvalue weighted by Gasteiger charge is -2.57. The van der Waals surface area contributed by atoms with Crippen molar-refractivity contribution in [1.82, 2.24) is 9.97 Å². The number of hydrogen-bond acceptors (Lipinski definition) is 8. The number of ether oxygens (including phenoxy) is 3. The largest absolute Gasteiger partial charge is 0.547 e. The minimum Gasteiger partial charge on any atom is -0.547 e. The highest BCUT2D eigenvalue weighted by Gasteiger charge is 2.72. The number of carbonyl (C=O) groups excluding carboxylic acids is 1. The predicted octanol–water partition coefficient (Wildman–Crippen LogP) is 3.81. The second-order valence-corrected chi connectivity index (χ2v) is 9.71. The highest BCUT2D eigenvalue weighted by atomic mass is 32.2. The molecule has 0 saturated heterocycles. The van der Waals surface area contributed by atoms with E-state index in [1.807, 2.05) is 6.92 Å². The molecule has 0 aromatic carbocycles. The number of allylic oxidation sites excluding steroid dienone is 1. The number of carboxylic acids is 1. The van der Waals surface area contributed by atoms with Crippen LogP contribution >= 0.6 is 11.8 Å². The molecule has 186 valence electrons. The zero-order valence-corrected chi connectivity index (χ0v) is 20.4. The lowest BCUT2D eigenvalue weighted by atomic mass is 9.57. The fourth-order valence-corrected chi connectivity index (χ4v) is 6.08. The Kier molecular flexibility index (Phi) is 8.32. The zero-order chi connectivity index (χ0) is 25.1. The number of carboxylic acid groups (broad SMARTS) is 1. The van der Waals surface area contributed by atoms with E-state index in [2.05, 4.69) is 9.97 Å². The first-order chi connectivity index (χ1) is 15.3. The quantitative estimate of drug-likeness (QED) is 0.360. The summed E-state index contributed by atoms with van der Waals surface area (Å²) in [6.45, 7) is 5.40. The van der Waals surface area contributed by atoms with Gasteiger partial charge in [0, 0.05) is 17.8 Å². The third kappa shape index (κ3) is 4.80. The van der Waals surface area contributed by atoms with Crippen LogP contribution in [0.2, 0.25) is 0 Å². The molecule has 0 N–H and O–H groups in total. The number of halogens is 3. The molecule has 0 saturated carbocycles. The molecule has 2 rings (SSSR count). The van der Waals surface area contributed by atoms with Crippen molar-refractivity contribution in [3.05, 3.63) is 18.2 Å². The molecule has 3 unspecified atom stereocenters. The van der Waals surface area contributed by atoms with Gasteiger partial charge >= 0.3 is 6.18 Å². The number of unbranched alkanes of at least 4 members (excludes halogenated alkanes) is 1. The van der Waals surface area contributed by atoms with Crippen molar-refractivity contribution in [2.24, 2.45) is 10.8 Å². The third-order valence-electron chi connectivity index (χ3n) is 6.13. The molecule has 1 aliphatic rings. The van der Waals surface area contributed by atoms with E-state index in [1.54, 1.807) is 19.9 Å². The van der Waals surface area contributed by atoms with E-state index >= 15 is 0 Å². The van der Waals surface area contributed by atoms with Crippen LogP contribution in [0.4, 0.5) is 13.2 Å². The Bertz CT molecular complexity index is 858. The number of hydrogen-bond donors (Lipinski definition) is 0. The number of rotatable bonds is 10. The van der Waals surface area contributed by atoms with Gasteiger partial charge < -0.3 is 24.1 Å². The summed E-state index contributed by atoms with van der Waals surface area (Å²) in [6.07, 6.45) is -1.08. The van der Waals surface area contributed by atoms with Crippen molar-refractivity contribution in [2.45, 2.75) is 68.6 Å². The van der Waals surface area contributed by atoms with Crippen molar-refractivity contribution in [3.8, 4) is 11.8 Å². The molecule has 0 amide bonds. The van der Waals surface area contributed by atoms with Gasteiger partial charge in [0.1, 0.15) is 0 Å². The molecule has 7 nitrogen and oxygen atoms in total. The molecule has 0 spiro atoms. The minimum absolute atomic E-state index is 0.0937. The molecule has 0 fully saturated rings. The third-order valence-corrected chi connectivity index (χ3v) is 7.82. The monoisotopic (exact) mass is 491 g/mol. The van der Waals surface area contributed by atoms with Gasteiger partial charge in [0.05, 0.1) is 26.3 Å². The van der Waals surface area contributed by atoms with Crippen molar-refractivity contribution in [2.75, 3.05) is 21.3 Å². The number of aromatic nitrogens is 2. The molecule has 0 radical (unpaired) electrons. The Morgan fingerprint density at radius 3 is 2.21 bits per heavy atom. The van der Waals surface area contributed by atoms with Crippen molar-refractivity contribution in [1.29, 1.82) is 0 Å². The molecule has 1 aromatic heterocycles. The summed E-state index contributed by atoms with van der Waals surface area (Å²) in [5.41, 5.74) is -6.36. The molecular formula is C22H30F3N2O5S-. The maximum Gasteiger partial charge on any atom is 0.423 e. The number of aliphatic carboxylic acids is 1. The van der Waals surface area contributed by atoms with Crippen LogP contribution in [0.1, 0.15) is 46.5 Å². The van der Waals surface area contributed by atoms with E-state index in [0.717, 1.165) is 18.9 Å². The number of carbonyl (C=O) groups is 1. The minimum atomic E-state index is -5.25. The lowest BCUT2D eigenvalue weighted by Crippen LogP contribution is -2.72. The smallest absolute Gasteiger partial charge is 0.423 e. The Morgan fingerprint density at radius 2 is 1.79 bits per heavy atom. The lowest BCUT2D eigenvalue weighted by molar-refractivity contribution is -0.373. The van der Waals surface area contributed by atoms with E-state index in [1.165, 1.54) is 26.4 Å². The van der Waals surface area contributed by atoms with E-state index in [0.29, 0.717) is 19.3 Å². The average Bonchev–Trinajstić information content (AvgIpc) is 2.73. The van der Waals surface area contributed by atoms with Crippen molar-refractivity contribution in [3.63, 3.8) is 0 Å². The molecular weight excluding hydrogens is 461 g/mol. The fraction of sp³-hybridized carbons (Fsp3) is 0.682. The SMILES string of the molecule is CCCCC1(C(OC)(C(=O)[O-])C(F)(F)F)C=CCC(C)(C)C1Sc1nc(OC)cc(OC)n1. The van der Waals surface area contributed by atoms with Crippen LogP contribution in [0.25, 0.3) is 0 Å². The van der Waals surface area contributed by atoms with E-state index in [4.69, 9.17) is 14.2 Å². The Labute approximate surface area is 196 Å². The van der Waals surface area contributed by atoms with E-state index in [-0.39, 0.29) is 23.3 Å². The Hall–Kier alpha value is -2.01. The highest BCUT2D eigenvalue weighted by molar-refractivity contribution is 7.99. The maximum absolute atomic E-state index is 14.6. The van der Waals surface area contributed by atoms with E-state index in [9.17, 15) is 23.1 Å². The number of alkyl halides is 3. The summed E-state index contributed by atoms with van der Waals surface area (Å²) < 4.78 is 59.1. The van der Waals surface area contributed by atoms with Crippen LogP contribution < -0.4 is 14.6 Å². The summed E-state index contributed by atoms with van der Waals surface area (Å²) in [5, 5.41) is 11.5. The Balaban J connectivity index is 2.82. The molecule has 0 aliphatic heterocycles. The first kappa shape index (κ1) is 27.2. The molecule has 11 heteroatoms. The van der Waals surface area contributed by atoms with Crippen molar-refractivity contribution < 1.29 is 37.3 Å². The van der Waals surface area contributed by atoms with Gasteiger partial charge in [-0.1, -0.05) is 57.5 Å². The van der Waals surface area contributed by atoms with Gasteiger partial charge in [0.15, 0.2) is 5.16 Å². The van der Waals surface area contributed by atoms with Crippen LogP contribution in [-0.2, 0) is 9.53 Å². The topological polar surface area (TPSA) is 93.6 Å². The average molecular weight is 492 g/mol. The molecule has 1 heterocycles. The second kappa shape index (κ2) is 10.1. The highest BCUT2D eigenvalue weighted by Crippen LogP contribution is 2.62. The van der Waals surface area contributed by atoms with E-state index < -0.39 is 33.8 Å². The van der Waals surface area contributed by atoms with Gasteiger partial charge in [0.25, 0.3) is 0 Å². The van der Waals surface area contributed by atoms with Crippen LogP contribution in [0, 0.1) is 10.8 Å². The molecule has 1 aliphatic carbocycles. The first-order valence-electron chi connectivity index (χ1n) is 10.5. The van der Waals surface area contributed by atoms with Crippen LogP contribution in [0.5, 0.6) is 11.8 Å². The first-order valence-corrected chi connectivity index (χ1v) is 11.4. The molecule has 0 bridgehead atoms. The van der Waals surface area contributed by atoms with Crippen LogP contribution in [0.15, 0.2) is 23.4 Å². The fourth-order valence-electron chi connectivity index (χ4n) is 4.60. The van der Waals surface area contributed by atoms with Gasteiger partial charge in [-0.15, -0.1) is 0 Å². The number of methoxy groups -OCH3 is 3. The molecule has 33 heavy (non-hydrogen) atoms. The maximum atomic E-state index is 14.6. The number of thioether (sulfide) groups is 1. The molecule has 1 aromatic rings. The van der Waals surface area contributed by atoms with Crippen LogP contribution in [-0.4, -0.2) is 54.3 Å². The standard InChI is InChI=1S/C22H31F3N2O5S/c1-7-8-11-20(21(32-6,17(28)29)22(23,24)25)12-9-10-19(2,3)16(20)33-18-26-14(30-4)13-15(27-18)31-5/h9,12-13,16H,7-8,10-11H2,1-6H3,(H,28,29)/p-1. The van der Waals surface area contributed by atoms with Crippen molar-refractivity contribution >= 4 is 17.7 Å².